The molecule has 0 bridgehead atoms. The van der Waals surface area contributed by atoms with E-state index >= 15 is 0 Å². The van der Waals surface area contributed by atoms with E-state index in [1.165, 1.54) is 0 Å². The molecular formula is C16H20N2O4. The van der Waals surface area contributed by atoms with Gasteiger partial charge in [0.15, 0.2) is 0 Å². The summed E-state index contributed by atoms with van der Waals surface area (Å²) in [5.74, 6) is 0.155. The number of benzene rings is 1. The number of carbonyl (C=O) groups is 2. The molecule has 0 saturated carbocycles. The summed E-state index contributed by atoms with van der Waals surface area (Å²) in [6.07, 6.45) is 0. The smallest absolute Gasteiger partial charge is 0.338 e. The molecule has 22 heavy (non-hydrogen) atoms. The lowest BCUT2D eigenvalue weighted by molar-refractivity contribution is -0.139. The lowest BCUT2D eigenvalue weighted by Crippen LogP contribution is -2.45. The maximum Gasteiger partial charge on any atom is 0.338 e. The van der Waals surface area contributed by atoms with Gasteiger partial charge in [0.05, 0.1) is 25.3 Å². The summed E-state index contributed by atoms with van der Waals surface area (Å²) < 4.78 is 10.5. The van der Waals surface area contributed by atoms with Crippen LogP contribution in [0.15, 0.2) is 29.5 Å². The second kappa shape index (κ2) is 6.51. The molecule has 6 nitrogen and oxygen atoms in total. The minimum absolute atomic E-state index is 0.265. The van der Waals surface area contributed by atoms with Crippen molar-refractivity contribution in [1.29, 1.82) is 0 Å². The number of hydrogen-bond acceptors (Lipinski definition) is 4. The van der Waals surface area contributed by atoms with Gasteiger partial charge in [-0.3, -0.25) is 0 Å². The van der Waals surface area contributed by atoms with E-state index < -0.39 is 12.0 Å². The Labute approximate surface area is 129 Å². The van der Waals surface area contributed by atoms with E-state index in [1.54, 1.807) is 21.0 Å². The highest BCUT2D eigenvalue weighted by atomic mass is 16.5. The number of ether oxygens (including phenoxy) is 2. The molecule has 1 aliphatic heterocycles. The van der Waals surface area contributed by atoms with Crippen molar-refractivity contribution in [3.05, 3.63) is 40.6 Å². The van der Waals surface area contributed by atoms with Crippen molar-refractivity contribution < 1.29 is 19.1 Å². The van der Waals surface area contributed by atoms with E-state index in [-0.39, 0.29) is 12.6 Å². The van der Waals surface area contributed by atoms with Crippen molar-refractivity contribution in [3.8, 4) is 5.75 Å². The number of carbonyl (C=O) groups excluding carboxylic acids is 2. The summed E-state index contributed by atoms with van der Waals surface area (Å²) >= 11 is 0. The van der Waals surface area contributed by atoms with E-state index in [0.29, 0.717) is 22.6 Å². The Bertz CT molecular complexity index is 637. The molecule has 0 aliphatic carbocycles. The first-order valence-corrected chi connectivity index (χ1v) is 7.07. The fourth-order valence-corrected chi connectivity index (χ4v) is 2.46. The Kier molecular flexibility index (Phi) is 4.70. The Hall–Kier alpha value is -2.50. The van der Waals surface area contributed by atoms with Crippen LogP contribution in [0.5, 0.6) is 5.75 Å². The summed E-state index contributed by atoms with van der Waals surface area (Å²) in [5.41, 5.74) is 2.60. The monoisotopic (exact) mass is 304 g/mol. The predicted octanol–water partition coefficient (Wildman–Crippen LogP) is 2.19. The third kappa shape index (κ3) is 3.05. The van der Waals surface area contributed by atoms with Crippen molar-refractivity contribution in [2.24, 2.45) is 0 Å². The normalized spacial score (nSPS) is 17.6. The Morgan fingerprint density at radius 2 is 2.05 bits per heavy atom. The number of allylic oxidation sites excluding steroid dienone is 1. The lowest BCUT2D eigenvalue weighted by atomic mass is 9.94. The molecule has 1 aromatic carbocycles. The number of methoxy groups -OCH3 is 1. The minimum Gasteiger partial charge on any atom is -0.496 e. The van der Waals surface area contributed by atoms with E-state index in [0.717, 1.165) is 5.56 Å². The molecule has 0 radical (unpaired) electrons. The molecule has 0 fully saturated rings. The molecule has 2 N–H and O–H groups in total. The summed E-state index contributed by atoms with van der Waals surface area (Å²) in [5, 5.41) is 5.36. The van der Waals surface area contributed by atoms with E-state index in [2.05, 4.69) is 10.6 Å². The Morgan fingerprint density at radius 1 is 1.32 bits per heavy atom. The van der Waals surface area contributed by atoms with E-state index in [4.69, 9.17) is 9.47 Å². The zero-order valence-electron chi connectivity index (χ0n) is 13.1. The highest BCUT2D eigenvalue weighted by Crippen LogP contribution is 2.34. The summed E-state index contributed by atoms with van der Waals surface area (Å²) in [6.45, 7) is 5.63. The van der Waals surface area contributed by atoms with Crippen molar-refractivity contribution >= 4 is 12.0 Å². The summed E-state index contributed by atoms with van der Waals surface area (Å²) in [6, 6.07) is 4.64. The molecule has 2 amide bonds. The van der Waals surface area contributed by atoms with Gasteiger partial charge in [-0.05, 0) is 32.4 Å². The second-order valence-corrected chi connectivity index (χ2v) is 5.04. The first-order valence-electron chi connectivity index (χ1n) is 7.07. The molecule has 1 atom stereocenters. The molecule has 6 heteroatoms. The number of esters is 1. The van der Waals surface area contributed by atoms with Crippen LogP contribution in [0.25, 0.3) is 0 Å². The number of nitrogens with one attached hydrogen (secondary N) is 2. The zero-order chi connectivity index (χ0) is 16.3. The first kappa shape index (κ1) is 15.9. The van der Waals surface area contributed by atoms with Crippen molar-refractivity contribution in [3.63, 3.8) is 0 Å². The molecule has 2 rings (SSSR count). The topological polar surface area (TPSA) is 76.7 Å². The quantitative estimate of drug-likeness (QED) is 0.836. The van der Waals surface area contributed by atoms with Crippen LogP contribution in [0.3, 0.4) is 0 Å². The lowest BCUT2D eigenvalue weighted by Gasteiger charge is -2.29. The van der Waals surface area contributed by atoms with Gasteiger partial charge in [-0.15, -0.1) is 0 Å². The maximum atomic E-state index is 12.3. The van der Waals surface area contributed by atoms with Crippen LogP contribution in [0.1, 0.15) is 31.0 Å². The number of rotatable bonds is 4. The predicted molar refractivity (Wildman–Crippen MR) is 81.5 cm³/mol. The number of amides is 2. The number of aryl methyl sites for hydroxylation is 1. The average molecular weight is 304 g/mol. The first-order chi connectivity index (χ1) is 10.5. The summed E-state index contributed by atoms with van der Waals surface area (Å²) in [7, 11) is 1.56. The average Bonchev–Trinajstić information content (AvgIpc) is 2.46. The van der Waals surface area contributed by atoms with Gasteiger partial charge in [-0.2, -0.15) is 0 Å². The van der Waals surface area contributed by atoms with Gasteiger partial charge < -0.3 is 20.1 Å². The molecule has 1 aliphatic rings. The number of urea groups is 1. The van der Waals surface area contributed by atoms with E-state index in [1.807, 2.05) is 25.1 Å². The molecule has 0 spiro atoms. The van der Waals surface area contributed by atoms with Crippen molar-refractivity contribution in [2.75, 3.05) is 13.7 Å². The van der Waals surface area contributed by atoms with Crippen molar-refractivity contribution in [2.45, 2.75) is 26.8 Å². The van der Waals surface area contributed by atoms with Gasteiger partial charge in [0, 0.05) is 11.3 Å². The molecule has 1 aromatic rings. The maximum absolute atomic E-state index is 12.3. The standard InChI is InChI=1S/C16H20N2O4/c1-5-22-15(19)13-10(3)17-16(20)18-14(13)11-7-6-9(2)8-12(11)21-4/h6-8,14H,5H2,1-4H3,(H2,17,18,20)/t14-/m0/s1. The SMILES string of the molecule is CCOC(=O)C1=C(C)NC(=O)N[C@H]1c1ccc(C)cc1OC. The van der Waals surface area contributed by atoms with Gasteiger partial charge in [0.25, 0.3) is 0 Å². The van der Waals surface area contributed by atoms with Crippen LogP contribution in [-0.2, 0) is 9.53 Å². The third-order valence-electron chi connectivity index (χ3n) is 3.46. The molecule has 0 aromatic heterocycles. The van der Waals surface area contributed by atoms with Crippen LogP contribution >= 0.6 is 0 Å². The highest BCUT2D eigenvalue weighted by molar-refractivity contribution is 5.95. The summed E-state index contributed by atoms with van der Waals surface area (Å²) in [4.78, 5) is 24.1. The van der Waals surface area contributed by atoms with Crippen LogP contribution < -0.4 is 15.4 Å². The fourth-order valence-electron chi connectivity index (χ4n) is 2.46. The minimum atomic E-state index is -0.608. The van der Waals surface area contributed by atoms with Crippen LogP contribution in [0.4, 0.5) is 4.79 Å². The Balaban J connectivity index is 2.52. The molecule has 0 unspecified atom stereocenters. The van der Waals surface area contributed by atoms with Gasteiger partial charge in [0.1, 0.15) is 5.75 Å². The molecule has 0 saturated heterocycles. The Morgan fingerprint density at radius 3 is 2.68 bits per heavy atom. The van der Waals surface area contributed by atoms with Crippen LogP contribution in [-0.4, -0.2) is 25.7 Å². The van der Waals surface area contributed by atoms with E-state index in [9.17, 15) is 9.59 Å². The van der Waals surface area contributed by atoms with Gasteiger partial charge >= 0.3 is 12.0 Å². The van der Waals surface area contributed by atoms with Gasteiger partial charge in [-0.25, -0.2) is 9.59 Å². The molecular weight excluding hydrogens is 284 g/mol. The number of hydrogen-bond donors (Lipinski definition) is 2. The van der Waals surface area contributed by atoms with Gasteiger partial charge in [0.2, 0.25) is 0 Å². The zero-order valence-corrected chi connectivity index (χ0v) is 13.1. The fraction of sp³-hybridized carbons (Fsp3) is 0.375. The highest BCUT2D eigenvalue weighted by Gasteiger charge is 2.33. The van der Waals surface area contributed by atoms with Crippen LogP contribution in [0.2, 0.25) is 0 Å². The molecule has 1 heterocycles. The van der Waals surface area contributed by atoms with Gasteiger partial charge in [-0.1, -0.05) is 12.1 Å². The van der Waals surface area contributed by atoms with Crippen LogP contribution in [0, 0.1) is 6.92 Å². The van der Waals surface area contributed by atoms with Crippen molar-refractivity contribution in [1.82, 2.24) is 10.6 Å². The molecule has 118 valence electrons. The largest absolute Gasteiger partial charge is 0.496 e. The second-order valence-electron chi connectivity index (χ2n) is 5.04. The third-order valence-corrected chi connectivity index (χ3v) is 3.46.